The summed E-state index contributed by atoms with van der Waals surface area (Å²) in [4.78, 5) is 13.1. The Morgan fingerprint density at radius 2 is 2.06 bits per heavy atom. The Kier molecular flexibility index (Phi) is 5.74. The molecule has 0 aliphatic carbocycles. The van der Waals surface area contributed by atoms with Crippen molar-refractivity contribution in [1.29, 1.82) is 0 Å². The molecule has 4 nitrogen and oxygen atoms in total. The zero-order valence-corrected chi connectivity index (χ0v) is 10.9. The molecule has 0 heterocycles. The van der Waals surface area contributed by atoms with E-state index in [1.807, 2.05) is 18.0 Å². The van der Waals surface area contributed by atoms with Gasteiger partial charge >= 0.3 is 0 Å². The molecule has 0 aliphatic rings. The smallest absolute Gasteiger partial charge is 0.221 e. The van der Waals surface area contributed by atoms with Crippen molar-refractivity contribution in [1.82, 2.24) is 10.2 Å². The Morgan fingerprint density at radius 1 is 1.39 bits per heavy atom. The van der Waals surface area contributed by atoms with Crippen LogP contribution in [0.15, 0.2) is 18.2 Å². The van der Waals surface area contributed by atoms with Crippen molar-refractivity contribution < 1.29 is 9.18 Å². The predicted molar refractivity (Wildman–Crippen MR) is 69.3 cm³/mol. The SMILES string of the molecule is CNC(=O)CCN(C)Cc1cc(F)cc(CN)c1. The molecule has 0 aromatic heterocycles. The van der Waals surface area contributed by atoms with Gasteiger partial charge in [-0.15, -0.1) is 0 Å². The largest absolute Gasteiger partial charge is 0.359 e. The fourth-order valence-electron chi connectivity index (χ4n) is 1.73. The molecule has 0 fully saturated rings. The van der Waals surface area contributed by atoms with Gasteiger partial charge in [-0.3, -0.25) is 4.79 Å². The maximum atomic E-state index is 13.3. The molecule has 1 aromatic rings. The van der Waals surface area contributed by atoms with Crippen molar-refractivity contribution in [3.63, 3.8) is 0 Å². The third kappa shape index (κ3) is 4.81. The summed E-state index contributed by atoms with van der Waals surface area (Å²) >= 11 is 0. The molecular weight excluding hydrogens is 233 g/mol. The van der Waals surface area contributed by atoms with Crippen LogP contribution in [0.4, 0.5) is 4.39 Å². The number of halogens is 1. The number of carbonyl (C=O) groups is 1. The van der Waals surface area contributed by atoms with Gasteiger partial charge in [0.05, 0.1) is 0 Å². The van der Waals surface area contributed by atoms with Gasteiger partial charge in [-0.2, -0.15) is 0 Å². The van der Waals surface area contributed by atoms with Crippen LogP contribution in [-0.4, -0.2) is 31.4 Å². The second-order valence-corrected chi connectivity index (χ2v) is 4.33. The quantitative estimate of drug-likeness (QED) is 0.790. The summed E-state index contributed by atoms with van der Waals surface area (Å²) in [7, 11) is 3.51. The Labute approximate surface area is 107 Å². The van der Waals surface area contributed by atoms with Crippen molar-refractivity contribution in [3.8, 4) is 0 Å². The normalized spacial score (nSPS) is 10.7. The molecule has 0 aliphatic heterocycles. The van der Waals surface area contributed by atoms with Gasteiger partial charge in [0.1, 0.15) is 5.82 Å². The first-order chi connectivity index (χ1) is 8.55. The first kappa shape index (κ1) is 14.6. The Balaban J connectivity index is 2.55. The number of amides is 1. The zero-order chi connectivity index (χ0) is 13.5. The summed E-state index contributed by atoms with van der Waals surface area (Å²) < 4.78 is 13.3. The molecule has 3 N–H and O–H groups in total. The highest BCUT2D eigenvalue weighted by atomic mass is 19.1. The number of carbonyl (C=O) groups excluding carboxylic acids is 1. The fourth-order valence-corrected chi connectivity index (χ4v) is 1.73. The van der Waals surface area contributed by atoms with E-state index in [0.717, 1.165) is 11.1 Å². The molecule has 0 atom stereocenters. The number of hydrogen-bond acceptors (Lipinski definition) is 3. The molecule has 0 radical (unpaired) electrons. The minimum atomic E-state index is -0.271. The van der Waals surface area contributed by atoms with E-state index in [-0.39, 0.29) is 11.7 Å². The van der Waals surface area contributed by atoms with Crippen LogP contribution in [0.25, 0.3) is 0 Å². The van der Waals surface area contributed by atoms with Crippen LogP contribution >= 0.6 is 0 Å². The van der Waals surface area contributed by atoms with Crippen molar-refractivity contribution in [2.75, 3.05) is 20.6 Å². The zero-order valence-electron chi connectivity index (χ0n) is 10.9. The average molecular weight is 253 g/mol. The van der Waals surface area contributed by atoms with Gasteiger partial charge in [-0.25, -0.2) is 4.39 Å². The molecule has 1 rings (SSSR count). The summed E-state index contributed by atoms with van der Waals surface area (Å²) in [6.07, 6.45) is 0.437. The standard InChI is InChI=1S/C13H20FN3O/c1-16-13(18)3-4-17(2)9-11-5-10(8-15)6-12(14)7-11/h5-7H,3-4,8-9,15H2,1-2H3,(H,16,18). The minimum absolute atomic E-state index is 0.00346. The predicted octanol–water partition coefficient (Wildman–Crippen LogP) is 0.852. The first-order valence-electron chi connectivity index (χ1n) is 5.92. The second-order valence-electron chi connectivity index (χ2n) is 4.33. The van der Waals surface area contributed by atoms with E-state index in [1.54, 1.807) is 7.05 Å². The number of nitrogens with one attached hydrogen (secondary N) is 1. The van der Waals surface area contributed by atoms with E-state index in [2.05, 4.69) is 5.32 Å². The van der Waals surface area contributed by atoms with Crippen LogP contribution in [0.5, 0.6) is 0 Å². The molecule has 0 saturated carbocycles. The summed E-state index contributed by atoms with van der Waals surface area (Å²) in [6, 6.07) is 4.82. The van der Waals surface area contributed by atoms with Crippen LogP contribution in [0.2, 0.25) is 0 Å². The van der Waals surface area contributed by atoms with Crippen LogP contribution < -0.4 is 11.1 Å². The number of nitrogens with zero attached hydrogens (tertiary/aromatic N) is 1. The Bertz CT molecular complexity index is 409. The highest BCUT2D eigenvalue weighted by Crippen LogP contribution is 2.11. The molecule has 18 heavy (non-hydrogen) atoms. The third-order valence-electron chi connectivity index (χ3n) is 2.70. The summed E-state index contributed by atoms with van der Waals surface area (Å²) in [5, 5.41) is 2.57. The van der Waals surface area contributed by atoms with E-state index >= 15 is 0 Å². The van der Waals surface area contributed by atoms with Crippen LogP contribution in [0.3, 0.4) is 0 Å². The highest BCUT2D eigenvalue weighted by molar-refractivity contribution is 5.75. The van der Waals surface area contributed by atoms with Crippen LogP contribution in [-0.2, 0) is 17.9 Å². The molecule has 0 bridgehead atoms. The van der Waals surface area contributed by atoms with Gasteiger partial charge in [-0.05, 0) is 30.3 Å². The summed E-state index contributed by atoms with van der Waals surface area (Å²) in [5.74, 6) is -0.267. The molecule has 100 valence electrons. The van der Waals surface area contributed by atoms with Gasteiger partial charge in [-0.1, -0.05) is 6.07 Å². The molecule has 5 heteroatoms. The van der Waals surface area contributed by atoms with Crippen molar-refractivity contribution in [2.45, 2.75) is 19.5 Å². The number of rotatable bonds is 6. The van der Waals surface area contributed by atoms with Gasteiger partial charge in [0.25, 0.3) is 0 Å². The van der Waals surface area contributed by atoms with Crippen molar-refractivity contribution >= 4 is 5.91 Å². The highest BCUT2D eigenvalue weighted by Gasteiger charge is 2.06. The third-order valence-corrected chi connectivity index (χ3v) is 2.70. The average Bonchev–Trinajstić information content (AvgIpc) is 2.35. The fraction of sp³-hybridized carbons (Fsp3) is 0.462. The van der Waals surface area contributed by atoms with E-state index in [9.17, 15) is 9.18 Å². The van der Waals surface area contributed by atoms with E-state index in [1.165, 1.54) is 12.1 Å². The number of benzene rings is 1. The monoisotopic (exact) mass is 253 g/mol. The first-order valence-corrected chi connectivity index (χ1v) is 5.92. The molecule has 0 saturated heterocycles. The minimum Gasteiger partial charge on any atom is -0.359 e. The molecule has 0 spiro atoms. The second kappa shape index (κ2) is 7.08. The Hall–Kier alpha value is -1.46. The van der Waals surface area contributed by atoms with E-state index in [4.69, 9.17) is 5.73 Å². The Morgan fingerprint density at radius 3 is 2.67 bits per heavy atom. The number of hydrogen-bond donors (Lipinski definition) is 2. The lowest BCUT2D eigenvalue weighted by atomic mass is 10.1. The topological polar surface area (TPSA) is 58.4 Å². The maximum absolute atomic E-state index is 13.3. The van der Waals surface area contributed by atoms with Gasteiger partial charge in [0.2, 0.25) is 5.91 Å². The van der Waals surface area contributed by atoms with E-state index < -0.39 is 0 Å². The van der Waals surface area contributed by atoms with Crippen LogP contribution in [0.1, 0.15) is 17.5 Å². The van der Waals surface area contributed by atoms with Gasteiger partial charge < -0.3 is 16.0 Å². The molecule has 1 amide bonds. The van der Waals surface area contributed by atoms with Gasteiger partial charge in [0.15, 0.2) is 0 Å². The molecule has 1 aromatic carbocycles. The summed E-state index contributed by atoms with van der Waals surface area (Å²) in [5.41, 5.74) is 7.15. The van der Waals surface area contributed by atoms with Crippen molar-refractivity contribution in [2.24, 2.45) is 5.73 Å². The van der Waals surface area contributed by atoms with Gasteiger partial charge in [0, 0.05) is 33.1 Å². The number of nitrogens with two attached hydrogens (primary N) is 1. The lowest BCUT2D eigenvalue weighted by Gasteiger charge is -2.16. The maximum Gasteiger partial charge on any atom is 0.221 e. The van der Waals surface area contributed by atoms with E-state index in [0.29, 0.717) is 26.1 Å². The molecule has 0 unspecified atom stereocenters. The van der Waals surface area contributed by atoms with Crippen molar-refractivity contribution in [3.05, 3.63) is 35.1 Å². The summed E-state index contributed by atoms with van der Waals surface area (Å²) in [6.45, 7) is 1.56. The lowest BCUT2D eigenvalue weighted by Crippen LogP contribution is -2.26. The van der Waals surface area contributed by atoms with Crippen LogP contribution in [0, 0.1) is 5.82 Å². The lowest BCUT2D eigenvalue weighted by molar-refractivity contribution is -0.120. The molecular formula is C13H20FN3O.